The number of rotatable bonds is 5. The molecule has 2 N–H and O–H groups in total. The Morgan fingerprint density at radius 1 is 1.00 bits per heavy atom. The van der Waals surface area contributed by atoms with Gasteiger partial charge in [-0.2, -0.15) is 0 Å². The Kier molecular flexibility index (Phi) is 4.99. The molecule has 0 aliphatic heterocycles. The van der Waals surface area contributed by atoms with E-state index >= 15 is 0 Å². The first-order chi connectivity index (χ1) is 16.6. The zero-order valence-corrected chi connectivity index (χ0v) is 19.6. The van der Waals surface area contributed by atoms with E-state index in [-0.39, 0.29) is 5.82 Å². The Morgan fingerprint density at radius 2 is 1.91 bits per heavy atom. The number of hydrogen-bond acceptors (Lipinski definition) is 5. The van der Waals surface area contributed by atoms with E-state index < -0.39 is 0 Å². The third-order valence-corrected chi connectivity index (χ3v) is 7.48. The lowest BCUT2D eigenvalue weighted by atomic mass is 10.0. The minimum Gasteiger partial charge on any atom is -0.368 e. The van der Waals surface area contributed by atoms with E-state index in [1.807, 2.05) is 38.2 Å². The van der Waals surface area contributed by atoms with Crippen LogP contribution in [-0.4, -0.2) is 26.5 Å². The number of nitrogens with one attached hydrogen (secondary N) is 2. The maximum Gasteiger partial charge on any atom is 0.147 e. The van der Waals surface area contributed by atoms with Gasteiger partial charge in [-0.05, 0) is 67.3 Å². The van der Waals surface area contributed by atoms with Crippen molar-refractivity contribution in [2.45, 2.75) is 20.3 Å². The largest absolute Gasteiger partial charge is 0.368 e. The van der Waals surface area contributed by atoms with Crippen LogP contribution in [-0.2, 0) is 6.42 Å². The van der Waals surface area contributed by atoms with Crippen molar-refractivity contribution in [3.05, 3.63) is 83.7 Å². The standard InChI is InChI=1S/C27H22FN5S/c1-15-5-7-20(28)25-24(15)19(16(2)33-25)9-11-30-27-26-22(31-14-32-27)13-23(34-26)18-6-8-21-17(12-18)4-3-10-29-21/h3-8,10,12-14,33H,9,11H2,1-2H3,(H,30,31,32). The molecule has 0 atom stereocenters. The number of pyridine rings is 1. The van der Waals surface area contributed by atoms with Crippen LogP contribution in [0.3, 0.4) is 0 Å². The van der Waals surface area contributed by atoms with E-state index in [0.717, 1.165) is 66.0 Å². The number of thiophene rings is 1. The van der Waals surface area contributed by atoms with Crippen LogP contribution >= 0.6 is 11.3 Å². The number of H-pyrrole nitrogens is 1. The predicted molar refractivity (Wildman–Crippen MR) is 138 cm³/mol. The van der Waals surface area contributed by atoms with Crippen LogP contribution in [0.5, 0.6) is 0 Å². The smallest absolute Gasteiger partial charge is 0.147 e. The molecule has 4 aromatic heterocycles. The van der Waals surface area contributed by atoms with Gasteiger partial charge in [-0.3, -0.25) is 4.98 Å². The van der Waals surface area contributed by atoms with Gasteiger partial charge in [0.25, 0.3) is 0 Å². The maximum atomic E-state index is 14.3. The molecule has 4 heterocycles. The van der Waals surface area contributed by atoms with Gasteiger partial charge in [0.05, 0.1) is 21.3 Å². The van der Waals surface area contributed by atoms with Crippen LogP contribution < -0.4 is 5.32 Å². The van der Waals surface area contributed by atoms with Gasteiger partial charge in [0.2, 0.25) is 0 Å². The summed E-state index contributed by atoms with van der Waals surface area (Å²) in [6.45, 7) is 4.71. The molecule has 5 nitrogen and oxygen atoms in total. The molecule has 0 fully saturated rings. The molecule has 34 heavy (non-hydrogen) atoms. The summed E-state index contributed by atoms with van der Waals surface area (Å²) < 4.78 is 15.3. The van der Waals surface area contributed by atoms with Crippen LogP contribution in [0.1, 0.15) is 16.8 Å². The van der Waals surface area contributed by atoms with Gasteiger partial charge < -0.3 is 10.3 Å². The van der Waals surface area contributed by atoms with E-state index in [1.54, 1.807) is 17.7 Å². The van der Waals surface area contributed by atoms with Crippen LogP contribution in [0.2, 0.25) is 0 Å². The average molecular weight is 468 g/mol. The van der Waals surface area contributed by atoms with Crippen LogP contribution in [0.15, 0.2) is 61.1 Å². The van der Waals surface area contributed by atoms with Gasteiger partial charge >= 0.3 is 0 Å². The number of fused-ring (bicyclic) bond motifs is 3. The summed E-state index contributed by atoms with van der Waals surface area (Å²) in [7, 11) is 0. The Hall–Kier alpha value is -3.84. The second-order valence-corrected chi connectivity index (χ2v) is 9.53. The fraction of sp³-hybridized carbons (Fsp3) is 0.148. The number of aromatic nitrogens is 4. The molecule has 0 spiro atoms. The molecule has 0 bridgehead atoms. The van der Waals surface area contributed by atoms with Crippen molar-refractivity contribution in [2.24, 2.45) is 0 Å². The van der Waals surface area contributed by atoms with Crippen LogP contribution in [0.4, 0.5) is 10.2 Å². The van der Waals surface area contributed by atoms with Gasteiger partial charge in [0.1, 0.15) is 18.0 Å². The quantitative estimate of drug-likeness (QED) is 0.293. The normalized spacial score (nSPS) is 11.6. The van der Waals surface area contributed by atoms with Gasteiger partial charge in [-0.1, -0.05) is 18.2 Å². The lowest BCUT2D eigenvalue weighted by molar-refractivity contribution is 0.637. The predicted octanol–water partition coefficient (Wildman–Crippen LogP) is 6.80. The Labute approximate surface area is 199 Å². The van der Waals surface area contributed by atoms with Crippen molar-refractivity contribution < 1.29 is 4.39 Å². The molecule has 0 aliphatic rings. The maximum absolute atomic E-state index is 14.3. The molecule has 0 saturated heterocycles. The first kappa shape index (κ1) is 20.7. The summed E-state index contributed by atoms with van der Waals surface area (Å²) in [5, 5.41) is 5.58. The molecule has 6 rings (SSSR count). The summed E-state index contributed by atoms with van der Waals surface area (Å²) in [5.74, 6) is 0.611. The average Bonchev–Trinajstić information content (AvgIpc) is 3.44. The highest BCUT2D eigenvalue weighted by molar-refractivity contribution is 7.22. The minimum absolute atomic E-state index is 0.212. The highest BCUT2D eigenvalue weighted by Gasteiger charge is 2.15. The molecule has 0 amide bonds. The van der Waals surface area contributed by atoms with E-state index in [2.05, 4.69) is 49.5 Å². The van der Waals surface area contributed by atoms with Gasteiger partial charge in [0, 0.05) is 34.1 Å². The highest BCUT2D eigenvalue weighted by Crippen LogP contribution is 2.36. The number of hydrogen-bond donors (Lipinski definition) is 2. The van der Waals surface area contributed by atoms with E-state index in [4.69, 9.17) is 0 Å². The zero-order chi connectivity index (χ0) is 23.2. The zero-order valence-electron chi connectivity index (χ0n) is 18.8. The van der Waals surface area contributed by atoms with Crippen LogP contribution in [0.25, 0.3) is 42.5 Å². The van der Waals surface area contributed by atoms with Crippen LogP contribution in [0, 0.1) is 19.7 Å². The van der Waals surface area contributed by atoms with Crippen molar-refractivity contribution in [2.75, 3.05) is 11.9 Å². The molecule has 0 aliphatic carbocycles. The van der Waals surface area contributed by atoms with E-state index in [9.17, 15) is 4.39 Å². The van der Waals surface area contributed by atoms with Crippen molar-refractivity contribution >= 4 is 49.2 Å². The monoisotopic (exact) mass is 467 g/mol. The second-order valence-electron chi connectivity index (χ2n) is 8.48. The molecule has 0 radical (unpaired) electrons. The SMILES string of the molecule is Cc1[nH]c2c(F)ccc(C)c2c1CCNc1ncnc2cc(-c3ccc4ncccc4c3)sc12. The highest BCUT2D eigenvalue weighted by atomic mass is 32.1. The van der Waals surface area contributed by atoms with Crippen molar-refractivity contribution in [3.8, 4) is 10.4 Å². The van der Waals surface area contributed by atoms with Crippen molar-refractivity contribution in [1.29, 1.82) is 0 Å². The summed E-state index contributed by atoms with van der Waals surface area (Å²) >= 11 is 1.68. The Bertz CT molecular complexity index is 1680. The lowest BCUT2D eigenvalue weighted by Crippen LogP contribution is -2.07. The third kappa shape index (κ3) is 3.49. The number of nitrogens with zero attached hydrogens (tertiary/aromatic N) is 3. The van der Waals surface area contributed by atoms with Crippen molar-refractivity contribution in [1.82, 2.24) is 19.9 Å². The van der Waals surface area contributed by atoms with Gasteiger partial charge in [-0.15, -0.1) is 11.3 Å². The lowest BCUT2D eigenvalue weighted by Gasteiger charge is -2.08. The summed E-state index contributed by atoms with van der Waals surface area (Å²) in [4.78, 5) is 17.8. The summed E-state index contributed by atoms with van der Waals surface area (Å²) in [5.41, 5.74) is 6.85. The number of aryl methyl sites for hydroxylation is 2. The number of aromatic amines is 1. The number of benzene rings is 2. The molecular formula is C27H22FN5S. The molecule has 168 valence electrons. The molecule has 0 saturated carbocycles. The van der Waals surface area contributed by atoms with E-state index in [1.165, 1.54) is 6.07 Å². The number of anilines is 1. The molecule has 6 aromatic rings. The van der Waals surface area contributed by atoms with Gasteiger partial charge in [0.15, 0.2) is 0 Å². The van der Waals surface area contributed by atoms with Gasteiger partial charge in [-0.25, -0.2) is 14.4 Å². The first-order valence-corrected chi connectivity index (χ1v) is 12.0. The Balaban J connectivity index is 1.28. The second kappa shape index (κ2) is 8.18. The topological polar surface area (TPSA) is 66.5 Å². The summed E-state index contributed by atoms with van der Waals surface area (Å²) in [6, 6.07) is 15.8. The third-order valence-electron chi connectivity index (χ3n) is 6.30. The van der Waals surface area contributed by atoms with E-state index in [0.29, 0.717) is 12.1 Å². The Morgan fingerprint density at radius 3 is 2.82 bits per heavy atom. The first-order valence-electron chi connectivity index (χ1n) is 11.2. The summed E-state index contributed by atoms with van der Waals surface area (Å²) in [6.07, 6.45) is 4.17. The minimum atomic E-state index is -0.212. The fourth-order valence-corrected chi connectivity index (χ4v) is 5.69. The molecular weight excluding hydrogens is 445 g/mol. The fourth-order valence-electron chi connectivity index (χ4n) is 4.61. The van der Waals surface area contributed by atoms with Crippen molar-refractivity contribution in [3.63, 3.8) is 0 Å². The molecule has 7 heteroatoms. The number of halogens is 1. The molecule has 2 aromatic carbocycles. The molecule has 0 unspecified atom stereocenters.